The zero-order valence-corrected chi connectivity index (χ0v) is 16.0. The first-order chi connectivity index (χ1) is 13.6. The van der Waals surface area contributed by atoms with E-state index in [1.165, 1.54) is 0 Å². The van der Waals surface area contributed by atoms with Crippen molar-refractivity contribution in [3.63, 3.8) is 0 Å². The molecule has 140 valence electrons. The number of para-hydroxylation sites is 1. The van der Waals surface area contributed by atoms with Gasteiger partial charge in [0.15, 0.2) is 0 Å². The van der Waals surface area contributed by atoms with Crippen LogP contribution < -0.4 is 15.0 Å². The number of nitrogens with zero attached hydrogens (tertiary/aromatic N) is 2. The molecule has 0 radical (unpaired) electrons. The first-order valence-corrected chi connectivity index (χ1v) is 8.93. The highest BCUT2D eigenvalue weighted by Gasteiger charge is 2.16. The van der Waals surface area contributed by atoms with E-state index in [4.69, 9.17) is 14.5 Å². The molecule has 0 saturated heterocycles. The Morgan fingerprint density at radius 2 is 1.57 bits per heavy atom. The maximum atomic E-state index is 13.4. The molecule has 1 heterocycles. The van der Waals surface area contributed by atoms with E-state index in [0.29, 0.717) is 28.2 Å². The van der Waals surface area contributed by atoms with Crippen molar-refractivity contribution in [3.8, 4) is 28.6 Å². The smallest absolute Gasteiger partial charge is 0.266 e. The molecule has 28 heavy (non-hydrogen) atoms. The van der Waals surface area contributed by atoms with Gasteiger partial charge in [0, 0.05) is 11.6 Å². The third-order valence-corrected chi connectivity index (χ3v) is 4.65. The molecule has 1 aromatic heterocycles. The molecule has 0 bridgehead atoms. The summed E-state index contributed by atoms with van der Waals surface area (Å²) in [6.45, 7) is 2.00. The van der Waals surface area contributed by atoms with E-state index in [1.54, 1.807) is 30.9 Å². The molecule has 0 aliphatic carbocycles. The number of rotatable bonds is 4. The van der Waals surface area contributed by atoms with E-state index >= 15 is 0 Å². The van der Waals surface area contributed by atoms with Gasteiger partial charge in [0.2, 0.25) is 0 Å². The quantitative estimate of drug-likeness (QED) is 0.533. The second-order valence-corrected chi connectivity index (χ2v) is 6.53. The number of aryl methyl sites for hydroxylation is 1. The summed E-state index contributed by atoms with van der Waals surface area (Å²) in [5, 5.41) is 0.572. The van der Waals surface area contributed by atoms with E-state index in [2.05, 4.69) is 0 Å². The highest BCUT2D eigenvalue weighted by atomic mass is 16.5. The Morgan fingerprint density at radius 1 is 0.857 bits per heavy atom. The van der Waals surface area contributed by atoms with Gasteiger partial charge in [-0.1, -0.05) is 24.3 Å². The highest BCUT2D eigenvalue weighted by Crippen LogP contribution is 2.30. The average Bonchev–Trinajstić information content (AvgIpc) is 2.73. The Morgan fingerprint density at radius 3 is 2.25 bits per heavy atom. The monoisotopic (exact) mass is 372 g/mol. The van der Waals surface area contributed by atoms with Crippen LogP contribution in [0.2, 0.25) is 0 Å². The van der Waals surface area contributed by atoms with Crippen LogP contribution in [-0.4, -0.2) is 23.8 Å². The van der Waals surface area contributed by atoms with Gasteiger partial charge >= 0.3 is 0 Å². The standard InChI is InChI=1S/C23H20N2O3/c1-15-7-6-8-17(11-15)25-22(16-12-18(27-2)14-19(13-16)28-3)24-21-10-5-4-9-20(21)23(25)26/h4-14H,1-3H3. The van der Waals surface area contributed by atoms with Crippen molar-refractivity contribution in [2.45, 2.75) is 6.92 Å². The molecule has 5 nitrogen and oxygen atoms in total. The van der Waals surface area contributed by atoms with Gasteiger partial charge in [0.25, 0.3) is 5.56 Å². The van der Waals surface area contributed by atoms with Gasteiger partial charge in [-0.25, -0.2) is 4.98 Å². The Hall–Kier alpha value is -3.60. The fourth-order valence-corrected chi connectivity index (χ4v) is 3.27. The van der Waals surface area contributed by atoms with Crippen LogP contribution in [0.15, 0.2) is 71.5 Å². The van der Waals surface area contributed by atoms with Crippen molar-refractivity contribution in [1.29, 1.82) is 0 Å². The lowest BCUT2D eigenvalue weighted by Gasteiger charge is -2.16. The molecule has 0 saturated carbocycles. The SMILES string of the molecule is COc1cc(OC)cc(-c2nc3ccccc3c(=O)n2-c2cccc(C)c2)c1. The van der Waals surface area contributed by atoms with Crippen LogP contribution in [0, 0.1) is 6.92 Å². The molecule has 0 atom stereocenters. The molecule has 4 aromatic rings. The zero-order valence-electron chi connectivity index (χ0n) is 16.0. The molecule has 3 aromatic carbocycles. The van der Waals surface area contributed by atoms with Crippen molar-refractivity contribution >= 4 is 10.9 Å². The van der Waals surface area contributed by atoms with E-state index in [0.717, 1.165) is 16.8 Å². The Kier molecular flexibility index (Phi) is 4.57. The molecular formula is C23H20N2O3. The zero-order chi connectivity index (χ0) is 19.7. The number of aromatic nitrogens is 2. The largest absolute Gasteiger partial charge is 0.497 e. The number of hydrogen-bond acceptors (Lipinski definition) is 4. The summed E-state index contributed by atoms with van der Waals surface area (Å²) in [4.78, 5) is 18.2. The van der Waals surface area contributed by atoms with Crippen molar-refractivity contribution in [1.82, 2.24) is 9.55 Å². The van der Waals surface area contributed by atoms with Gasteiger partial charge in [0.1, 0.15) is 17.3 Å². The van der Waals surface area contributed by atoms with E-state index < -0.39 is 0 Å². The lowest BCUT2D eigenvalue weighted by molar-refractivity contribution is 0.394. The number of methoxy groups -OCH3 is 2. The third kappa shape index (κ3) is 3.11. The minimum absolute atomic E-state index is 0.118. The molecule has 0 aliphatic rings. The number of benzene rings is 3. The van der Waals surface area contributed by atoms with Gasteiger partial charge in [-0.2, -0.15) is 0 Å². The molecule has 0 N–H and O–H groups in total. The Bertz CT molecular complexity index is 1210. The molecular weight excluding hydrogens is 352 g/mol. The Balaban J connectivity index is 2.11. The van der Waals surface area contributed by atoms with Gasteiger partial charge in [0.05, 0.1) is 30.8 Å². The first kappa shape index (κ1) is 17.8. The summed E-state index contributed by atoms with van der Waals surface area (Å²) in [7, 11) is 3.19. The maximum Gasteiger partial charge on any atom is 0.266 e. The van der Waals surface area contributed by atoms with Gasteiger partial charge in [-0.05, 0) is 48.9 Å². The second kappa shape index (κ2) is 7.19. The maximum absolute atomic E-state index is 13.4. The molecule has 0 unspecified atom stereocenters. The van der Waals surface area contributed by atoms with Crippen LogP contribution >= 0.6 is 0 Å². The first-order valence-electron chi connectivity index (χ1n) is 8.93. The normalized spacial score (nSPS) is 10.8. The van der Waals surface area contributed by atoms with Gasteiger partial charge < -0.3 is 9.47 Å². The lowest BCUT2D eigenvalue weighted by Crippen LogP contribution is -2.22. The summed E-state index contributed by atoms with van der Waals surface area (Å²) >= 11 is 0. The van der Waals surface area contributed by atoms with E-state index in [1.807, 2.05) is 61.5 Å². The van der Waals surface area contributed by atoms with Crippen molar-refractivity contribution < 1.29 is 9.47 Å². The number of ether oxygens (including phenoxy) is 2. The Labute approximate surface area is 162 Å². The topological polar surface area (TPSA) is 53.4 Å². The summed E-state index contributed by atoms with van der Waals surface area (Å²) in [5.41, 5.74) is 3.09. The van der Waals surface area contributed by atoms with Crippen LogP contribution in [0.3, 0.4) is 0 Å². The number of fused-ring (bicyclic) bond motifs is 1. The summed E-state index contributed by atoms with van der Waals surface area (Å²) in [6.07, 6.45) is 0. The van der Waals surface area contributed by atoms with E-state index in [-0.39, 0.29) is 5.56 Å². The molecule has 0 spiro atoms. The fraction of sp³-hybridized carbons (Fsp3) is 0.130. The minimum atomic E-state index is -0.118. The predicted molar refractivity (Wildman–Crippen MR) is 111 cm³/mol. The van der Waals surface area contributed by atoms with Crippen LogP contribution in [-0.2, 0) is 0 Å². The molecule has 5 heteroatoms. The van der Waals surface area contributed by atoms with Gasteiger partial charge in [-0.3, -0.25) is 9.36 Å². The van der Waals surface area contributed by atoms with E-state index in [9.17, 15) is 4.79 Å². The summed E-state index contributed by atoms with van der Waals surface area (Å²) < 4.78 is 12.5. The summed E-state index contributed by atoms with van der Waals surface area (Å²) in [6, 6.07) is 20.7. The number of hydrogen-bond donors (Lipinski definition) is 0. The van der Waals surface area contributed by atoms with Crippen LogP contribution in [0.25, 0.3) is 28.0 Å². The van der Waals surface area contributed by atoms with Crippen LogP contribution in [0.4, 0.5) is 0 Å². The second-order valence-electron chi connectivity index (χ2n) is 6.53. The minimum Gasteiger partial charge on any atom is -0.497 e. The fourth-order valence-electron chi connectivity index (χ4n) is 3.27. The van der Waals surface area contributed by atoms with Crippen molar-refractivity contribution in [3.05, 3.63) is 82.6 Å². The van der Waals surface area contributed by atoms with Crippen LogP contribution in [0.5, 0.6) is 11.5 Å². The molecule has 0 fully saturated rings. The molecule has 0 aliphatic heterocycles. The lowest BCUT2D eigenvalue weighted by atomic mass is 10.1. The third-order valence-electron chi connectivity index (χ3n) is 4.65. The van der Waals surface area contributed by atoms with Crippen LogP contribution in [0.1, 0.15) is 5.56 Å². The highest BCUT2D eigenvalue weighted by molar-refractivity contribution is 5.81. The van der Waals surface area contributed by atoms with Crippen molar-refractivity contribution in [2.24, 2.45) is 0 Å². The predicted octanol–water partition coefficient (Wildman–Crippen LogP) is 4.38. The van der Waals surface area contributed by atoms with Gasteiger partial charge in [-0.15, -0.1) is 0 Å². The molecule has 0 amide bonds. The van der Waals surface area contributed by atoms with Crippen molar-refractivity contribution in [2.75, 3.05) is 14.2 Å². The average molecular weight is 372 g/mol. The molecule has 4 rings (SSSR count). The summed E-state index contributed by atoms with van der Waals surface area (Å²) in [5.74, 6) is 1.80.